The number of esters is 1. The van der Waals surface area contributed by atoms with Crippen LogP contribution in [-0.4, -0.2) is 34.9 Å². The van der Waals surface area contributed by atoms with E-state index in [0.717, 1.165) is 6.42 Å². The maximum atomic E-state index is 12.1. The Bertz CT molecular complexity index is 568. The first-order chi connectivity index (χ1) is 9.20. The average molecular weight is 258 g/mol. The van der Waals surface area contributed by atoms with Gasteiger partial charge in [0.25, 0.3) is 0 Å². The van der Waals surface area contributed by atoms with Gasteiger partial charge in [0.1, 0.15) is 0 Å². The molecule has 1 aromatic rings. The number of rotatable bonds is 3. The molecule has 2 heterocycles. The van der Waals surface area contributed by atoms with E-state index in [1.165, 1.54) is 7.11 Å². The molecule has 98 valence electrons. The molecule has 1 aliphatic heterocycles. The number of amides is 1. The summed E-state index contributed by atoms with van der Waals surface area (Å²) in [5.74, 6) is -0.292. The number of fused-ring (bicyclic) bond motifs is 2. The number of carbonyl (C=O) groups is 2. The van der Waals surface area contributed by atoms with Crippen molar-refractivity contribution < 1.29 is 14.3 Å². The van der Waals surface area contributed by atoms with Gasteiger partial charge in [-0.25, -0.2) is 4.79 Å². The molecule has 0 saturated carbocycles. The molecule has 2 aliphatic rings. The van der Waals surface area contributed by atoms with Crippen molar-refractivity contribution in [1.29, 1.82) is 0 Å². The van der Waals surface area contributed by atoms with Crippen LogP contribution in [0, 0.1) is 5.92 Å². The van der Waals surface area contributed by atoms with Gasteiger partial charge < -0.3 is 9.64 Å². The highest BCUT2D eigenvalue weighted by molar-refractivity contribution is 5.91. The average Bonchev–Trinajstić information content (AvgIpc) is 3.02. The summed E-state index contributed by atoms with van der Waals surface area (Å²) in [6.07, 6.45) is 6.48. The van der Waals surface area contributed by atoms with Gasteiger partial charge in [-0.15, -0.1) is 0 Å². The zero-order valence-electron chi connectivity index (χ0n) is 10.6. The number of methoxy groups -OCH3 is 1. The van der Waals surface area contributed by atoms with Gasteiger partial charge in [0, 0.05) is 6.20 Å². The van der Waals surface area contributed by atoms with Crippen molar-refractivity contribution in [3.63, 3.8) is 0 Å². The smallest absolute Gasteiger partial charge is 0.339 e. The van der Waals surface area contributed by atoms with Crippen molar-refractivity contribution in [2.24, 2.45) is 5.92 Å². The lowest BCUT2D eigenvalue weighted by Gasteiger charge is -2.24. The van der Waals surface area contributed by atoms with Crippen LogP contribution in [-0.2, 0) is 16.1 Å². The molecule has 5 nitrogen and oxygen atoms in total. The summed E-state index contributed by atoms with van der Waals surface area (Å²) < 4.78 is 4.73. The quantitative estimate of drug-likeness (QED) is 0.603. The van der Waals surface area contributed by atoms with Crippen LogP contribution in [0.15, 0.2) is 30.5 Å². The molecule has 1 aromatic heterocycles. The van der Waals surface area contributed by atoms with Gasteiger partial charge in [-0.2, -0.15) is 0 Å². The van der Waals surface area contributed by atoms with Crippen molar-refractivity contribution >= 4 is 11.9 Å². The molecule has 5 heteroatoms. The number of hydrogen-bond donors (Lipinski definition) is 0. The summed E-state index contributed by atoms with van der Waals surface area (Å²) in [6, 6.07) is 3.50. The monoisotopic (exact) mass is 258 g/mol. The van der Waals surface area contributed by atoms with Gasteiger partial charge in [-0.3, -0.25) is 9.78 Å². The summed E-state index contributed by atoms with van der Waals surface area (Å²) in [7, 11) is 1.34. The fourth-order valence-corrected chi connectivity index (χ4v) is 2.69. The Kier molecular flexibility index (Phi) is 2.81. The Balaban J connectivity index is 1.86. The first-order valence-corrected chi connectivity index (χ1v) is 6.21. The van der Waals surface area contributed by atoms with Gasteiger partial charge in [0.05, 0.1) is 36.9 Å². The number of nitrogens with zero attached hydrogens (tertiary/aromatic N) is 2. The molecule has 1 saturated heterocycles. The van der Waals surface area contributed by atoms with E-state index in [4.69, 9.17) is 4.74 Å². The fourth-order valence-electron chi connectivity index (χ4n) is 2.69. The summed E-state index contributed by atoms with van der Waals surface area (Å²) in [6.45, 7) is 0.357. The van der Waals surface area contributed by atoms with Gasteiger partial charge in [-0.05, 0) is 18.6 Å². The minimum absolute atomic E-state index is 0.00953. The highest BCUT2D eigenvalue weighted by atomic mass is 16.5. The maximum Gasteiger partial charge on any atom is 0.339 e. The number of hydrogen-bond acceptors (Lipinski definition) is 4. The normalized spacial score (nSPS) is 24.1. The Labute approximate surface area is 110 Å². The minimum Gasteiger partial charge on any atom is -0.465 e. The summed E-state index contributed by atoms with van der Waals surface area (Å²) >= 11 is 0. The van der Waals surface area contributed by atoms with Crippen LogP contribution in [0.3, 0.4) is 0 Å². The van der Waals surface area contributed by atoms with Crippen LogP contribution in [0.1, 0.15) is 22.5 Å². The van der Waals surface area contributed by atoms with Crippen LogP contribution in [0.5, 0.6) is 0 Å². The predicted molar refractivity (Wildman–Crippen MR) is 67.2 cm³/mol. The summed E-state index contributed by atoms with van der Waals surface area (Å²) in [5, 5.41) is 0. The fraction of sp³-hybridized carbons (Fsp3) is 0.357. The Morgan fingerprint density at radius 2 is 2.37 bits per heavy atom. The van der Waals surface area contributed by atoms with Gasteiger partial charge in [0.15, 0.2) is 0 Å². The van der Waals surface area contributed by atoms with Crippen molar-refractivity contribution in [2.45, 2.75) is 19.0 Å². The van der Waals surface area contributed by atoms with Crippen LogP contribution in [0.4, 0.5) is 0 Å². The first kappa shape index (κ1) is 11.9. The van der Waals surface area contributed by atoms with E-state index in [2.05, 4.69) is 4.98 Å². The van der Waals surface area contributed by atoms with Gasteiger partial charge in [0.2, 0.25) is 5.91 Å². The molecule has 0 N–H and O–H groups in total. The summed E-state index contributed by atoms with van der Waals surface area (Å²) in [5.41, 5.74) is 1.01. The van der Waals surface area contributed by atoms with Crippen LogP contribution < -0.4 is 0 Å². The maximum absolute atomic E-state index is 12.1. The van der Waals surface area contributed by atoms with Crippen LogP contribution in [0.2, 0.25) is 0 Å². The van der Waals surface area contributed by atoms with E-state index in [1.807, 2.05) is 12.2 Å². The molecule has 1 fully saturated rings. The number of carbonyl (C=O) groups excluding carboxylic acids is 2. The molecule has 3 rings (SSSR count). The van der Waals surface area contributed by atoms with E-state index >= 15 is 0 Å². The molecule has 19 heavy (non-hydrogen) atoms. The van der Waals surface area contributed by atoms with E-state index in [9.17, 15) is 9.59 Å². The van der Waals surface area contributed by atoms with Crippen LogP contribution in [0.25, 0.3) is 0 Å². The molecule has 0 spiro atoms. The third-order valence-electron chi connectivity index (χ3n) is 3.68. The zero-order chi connectivity index (χ0) is 13.4. The minimum atomic E-state index is -0.421. The van der Waals surface area contributed by atoms with Gasteiger partial charge >= 0.3 is 5.97 Å². The van der Waals surface area contributed by atoms with Crippen molar-refractivity contribution in [1.82, 2.24) is 9.88 Å². The molecule has 2 bridgehead atoms. The molecule has 2 atom stereocenters. The van der Waals surface area contributed by atoms with E-state index in [-0.39, 0.29) is 17.9 Å². The lowest BCUT2D eigenvalue weighted by molar-refractivity contribution is -0.131. The second kappa shape index (κ2) is 4.50. The van der Waals surface area contributed by atoms with Crippen molar-refractivity contribution in [3.05, 3.63) is 41.7 Å². The lowest BCUT2D eigenvalue weighted by Crippen LogP contribution is -2.35. The van der Waals surface area contributed by atoms with Crippen LogP contribution >= 0.6 is 0 Å². The zero-order valence-corrected chi connectivity index (χ0v) is 10.6. The predicted octanol–water partition coefficient (Wildman–Crippen LogP) is 1.16. The molecule has 1 amide bonds. The highest BCUT2D eigenvalue weighted by Gasteiger charge is 2.41. The van der Waals surface area contributed by atoms with Crippen molar-refractivity contribution in [3.8, 4) is 0 Å². The standard InChI is InChI=1S/C14H14N2O3/c1-19-14(18)11-3-2-6-15-12(11)8-16-10-5-4-9(7-10)13(16)17/h2-6,9-10H,7-8H2,1H3. The van der Waals surface area contributed by atoms with E-state index in [0.29, 0.717) is 17.8 Å². The van der Waals surface area contributed by atoms with E-state index in [1.54, 1.807) is 23.2 Å². The lowest BCUT2D eigenvalue weighted by atomic mass is 10.1. The topological polar surface area (TPSA) is 59.5 Å². The molecule has 0 radical (unpaired) electrons. The van der Waals surface area contributed by atoms with Gasteiger partial charge in [-0.1, -0.05) is 12.2 Å². The Hall–Kier alpha value is -2.17. The number of ether oxygens (including phenoxy) is 1. The first-order valence-electron chi connectivity index (χ1n) is 6.21. The molecular weight excluding hydrogens is 244 g/mol. The second-order valence-electron chi connectivity index (χ2n) is 4.75. The largest absolute Gasteiger partial charge is 0.465 e. The third-order valence-corrected chi connectivity index (χ3v) is 3.68. The Morgan fingerprint density at radius 1 is 1.53 bits per heavy atom. The number of likely N-dealkylation sites (tertiary alicyclic amines) is 1. The molecule has 2 unspecified atom stereocenters. The van der Waals surface area contributed by atoms with E-state index < -0.39 is 5.97 Å². The second-order valence-corrected chi connectivity index (χ2v) is 4.75. The third kappa shape index (κ3) is 1.91. The van der Waals surface area contributed by atoms with Crippen molar-refractivity contribution in [2.75, 3.05) is 7.11 Å². The molecule has 1 aliphatic carbocycles. The molecular formula is C14H14N2O3. The highest BCUT2D eigenvalue weighted by Crippen LogP contribution is 2.33. The molecule has 0 aromatic carbocycles. The SMILES string of the molecule is COC(=O)c1cccnc1CN1C(=O)C2C=CC1C2. The Morgan fingerprint density at radius 3 is 3.05 bits per heavy atom. The number of aromatic nitrogens is 1. The summed E-state index contributed by atoms with van der Waals surface area (Å²) in [4.78, 5) is 29.7. The number of pyridine rings is 1.